The first-order chi connectivity index (χ1) is 30.0. The Bertz CT molecular complexity index is 3460. The van der Waals surface area contributed by atoms with Gasteiger partial charge in [0.2, 0.25) is 0 Å². The Labute approximate surface area is 356 Å². The van der Waals surface area contributed by atoms with Crippen molar-refractivity contribution in [1.82, 2.24) is 0 Å². The van der Waals surface area contributed by atoms with Crippen LogP contribution in [0.15, 0.2) is 218 Å². The predicted octanol–water partition coefficient (Wildman–Crippen LogP) is 16.7. The molecular formula is C59H42N2. The molecule has 1 aliphatic rings. The van der Waals surface area contributed by atoms with E-state index in [1.54, 1.807) is 0 Å². The highest BCUT2D eigenvalue weighted by Crippen LogP contribution is 2.54. The molecule has 2 heteroatoms. The average Bonchev–Trinajstić information content (AvgIpc) is 3.32. The first-order valence-electron chi connectivity index (χ1n) is 21.3. The minimum atomic E-state index is -0.260. The van der Waals surface area contributed by atoms with E-state index < -0.39 is 0 Å². The van der Waals surface area contributed by atoms with Gasteiger partial charge in [0, 0.05) is 38.9 Å². The molecule has 2 nitrogen and oxygen atoms in total. The fourth-order valence-electron chi connectivity index (χ4n) is 10.3. The highest BCUT2D eigenvalue weighted by atomic mass is 15.1. The van der Waals surface area contributed by atoms with E-state index in [0.29, 0.717) is 0 Å². The summed E-state index contributed by atoms with van der Waals surface area (Å²) in [6, 6.07) is 80.4. The van der Waals surface area contributed by atoms with Crippen LogP contribution in [0.25, 0.3) is 65.0 Å². The second-order valence-electron chi connectivity index (χ2n) is 16.9. The van der Waals surface area contributed by atoms with Crippen LogP contribution in [0.4, 0.5) is 34.1 Å². The van der Waals surface area contributed by atoms with E-state index in [2.05, 4.69) is 242 Å². The SMILES string of the molecule is CC1(C)c2cc(N(c3ccccc3)c3ccccc3)ccc2-c2cc3c4ccccc4c(N(c4ccccc4)c4cc5ccccc5c5ccccc45)cc3c3cccc1c23. The monoisotopic (exact) mass is 778 g/mol. The Balaban J connectivity index is 1.13. The van der Waals surface area contributed by atoms with Crippen molar-refractivity contribution >= 4 is 88.0 Å². The topological polar surface area (TPSA) is 6.48 Å². The van der Waals surface area contributed by atoms with Crippen LogP contribution in [0.1, 0.15) is 25.0 Å². The van der Waals surface area contributed by atoms with Gasteiger partial charge in [-0.15, -0.1) is 0 Å². The lowest BCUT2D eigenvalue weighted by Crippen LogP contribution is -2.24. The predicted molar refractivity (Wildman–Crippen MR) is 261 cm³/mol. The minimum Gasteiger partial charge on any atom is -0.310 e. The van der Waals surface area contributed by atoms with Crippen LogP contribution in [0, 0.1) is 0 Å². The van der Waals surface area contributed by atoms with Crippen LogP contribution >= 0.6 is 0 Å². The molecule has 0 spiro atoms. The zero-order valence-corrected chi connectivity index (χ0v) is 34.2. The van der Waals surface area contributed by atoms with Crippen molar-refractivity contribution in [3.8, 4) is 11.1 Å². The summed E-state index contributed by atoms with van der Waals surface area (Å²) in [5, 5.41) is 12.6. The van der Waals surface area contributed by atoms with Gasteiger partial charge in [-0.3, -0.25) is 0 Å². The number of benzene rings is 11. The van der Waals surface area contributed by atoms with Crippen molar-refractivity contribution < 1.29 is 0 Å². The van der Waals surface area contributed by atoms with E-state index in [4.69, 9.17) is 0 Å². The summed E-state index contributed by atoms with van der Waals surface area (Å²) >= 11 is 0. The van der Waals surface area contributed by atoms with E-state index in [-0.39, 0.29) is 5.41 Å². The highest BCUT2D eigenvalue weighted by Gasteiger charge is 2.35. The Kier molecular flexibility index (Phi) is 7.92. The molecule has 11 aromatic rings. The first-order valence-corrected chi connectivity index (χ1v) is 21.3. The van der Waals surface area contributed by atoms with Gasteiger partial charge >= 0.3 is 0 Å². The third-order valence-corrected chi connectivity index (χ3v) is 13.1. The van der Waals surface area contributed by atoms with E-state index >= 15 is 0 Å². The molecule has 0 saturated carbocycles. The van der Waals surface area contributed by atoms with Gasteiger partial charge in [0.1, 0.15) is 0 Å². The van der Waals surface area contributed by atoms with Crippen molar-refractivity contribution in [2.45, 2.75) is 19.3 Å². The maximum atomic E-state index is 2.50. The number of hydrogen-bond acceptors (Lipinski definition) is 2. The van der Waals surface area contributed by atoms with Gasteiger partial charge in [0.25, 0.3) is 0 Å². The van der Waals surface area contributed by atoms with Crippen LogP contribution in [0.5, 0.6) is 0 Å². The standard InChI is InChI=1S/C59H42N2/c1-59(2)54-32-18-31-50-52-38-57(61(42-24-10-5-11-25-42)56-35-39-19-12-13-26-44(39)45-27-14-16-29-48(45)56)49-30-17-15-28-46(49)51(52)37-53(58(50)54)47-34-33-43(36-55(47)59)60(40-20-6-3-7-21-40)41-22-8-4-9-23-41/h3-38H,1-2H3. The van der Waals surface area contributed by atoms with Crippen LogP contribution in [-0.4, -0.2) is 0 Å². The summed E-state index contributed by atoms with van der Waals surface area (Å²) in [6.45, 7) is 4.81. The first kappa shape index (κ1) is 35.3. The second-order valence-corrected chi connectivity index (χ2v) is 16.9. The zero-order chi connectivity index (χ0) is 40.7. The van der Waals surface area contributed by atoms with E-state index in [0.717, 1.165) is 28.4 Å². The summed E-state index contributed by atoms with van der Waals surface area (Å²) in [4.78, 5) is 4.87. The molecular weight excluding hydrogens is 737 g/mol. The molecule has 61 heavy (non-hydrogen) atoms. The lowest BCUT2D eigenvalue weighted by molar-refractivity contribution is 0.645. The van der Waals surface area contributed by atoms with Gasteiger partial charge in [-0.1, -0.05) is 166 Å². The zero-order valence-electron chi connectivity index (χ0n) is 34.2. The van der Waals surface area contributed by atoms with Crippen molar-refractivity contribution in [2.75, 3.05) is 9.80 Å². The summed E-state index contributed by atoms with van der Waals surface area (Å²) in [7, 11) is 0. The third kappa shape index (κ3) is 5.42. The van der Waals surface area contributed by atoms with Gasteiger partial charge in [0.05, 0.1) is 11.4 Å². The molecule has 11 aromatic carbocycles. The van der Waals surface area contributed by atoms with Crippen LogP contribution in [-0.2, 0) is 5.41 Å². The largest absolute Gasteiger partial charge is 0.310 e. The quantitative estimate of drug-likeness (QED) is 0.155. The smallest absolute Gasteiger partial charge is 0.0546 e. The molecule has 0 aliphatic heterocycles. The molecule has 1 aliphatic carbocycles. The van der Waals surface area contributed by atoms with Crippen molar-refractivity contribution in [1.29, 1.82) is 0 Å². The molecule has 288 valence electrons. The van der Waals surface area contributed by atoms with Gasteiger partial charge < -0.3 is 9.80 Å². The molecule has 0 heterocycles. The Morgan fingerprint density at radius 3 is 1.43 bits per heavy atom. The second kappa shape index (κ2) is 13.7. The van der Waals surface area contributed by atoms with Crippen molar-refractivity contribution in [3.63, 3.8) is 0 Å². The number of rotatable bonds is 6. The third-order valence-electron chi connectivity index (χ3n) is 13.1. The average molecular weight is 779 g/mol. The number of nitrogens with zero attached hydrogens (tertiary/aromatic N) is 2. The number of fused-ring (bicyclic) bond motifs is 9. The van der Waals surface area contributed by atoms with Gasteiger partial charge in [-0.25, -0.2) is 0 Å². The Morgan fingerprint density at radius 2 is 0.787 bits per heavy atom. The molecule has 0 aromatic heterocycles. The molecule has 0 amide bonds. The van der Waals surface area contributed by atoms with E-state index in [9.17, 15) is 0 Å². The summed E-state index contributed by atoms with van der Waals surface area (Å²) in [5.41, 5.74) is 11.9. The maximum absolute atomic E-state index is 2.50. The van der Waals surface area contributed by atoms with E-state index in [1.807, 2.05) is 0 Å². The fourth-order valence-corrected chi connectivity index (χ4v) is 10.3. The molecule has 0 radical (unpaired) electrons. The molecule has 0 bridgehead atoms. The van der Waals surface area contributed by atoms with Gasteiger partial charge in [0.15, 0.2) is 0 Å². The number of hydrogen-bond donors (Lipinski definition) is 0. The van der Waals surface area contributed by atoms with Crippen LogP contribution < -0.4 is 9.80 Å². The lowest BCUT2D eigenvalue weighted by atomic mass is 9.68. The Hall–Kier alpha value is -7.68. The molecule has 0 atom stereocenters. The van der Waals surface area contributed by atoms with Gasteiger partial charge in [-0.05, 0) is 132 Å². The molecule has 12 rings (SSSR count). The summed E-state index contributed by atoms with van der Waals surface area (Å²) < 4.78 is 0. The van der Waals surface area contributed by atoms with Crippen LogP contribution in [0.3, 0.4) is 0 Å². The normalized spacial score (nSPS) is 12.9. The Morgan fingerprint density at radius 1 is 0.295 bits per heavy atom. The lowest BCUT2D eigenvalue weighted by Gasteiger charge is -2.37. The summed E-state index contributed by atoms with van der Waals surface area (Å²) in [6.07, 6.45) is 0. The highest BCUT2D eigenvalue weighted by molar-refractivity contribution is 6.26. The van der Waals surface area contributed by atoms with E-state index in [1.165, 1.54) is 81.8 Å². The molecule has 0 unspecified atom stereocenters. The van der Waals surface area contributed by atoms with Crippen molar-refractivity contribution in [2.24, 2.45) is 0 Å². The molecule has 0 saturated heterocycles. The molecule has 0 N–H and O–H groups in total. The number of anilines is 6. The van der Waals surface area contributed by atoms with Crippen LogP contribution in [0.2, 0.25) is 0 Å². The molecule has 0 fully saturated rings. The summed E-state index contributed by atoms with van der Waals surface area (Å²) in [5.74, 6) is 0. The van der Waals surface area contributed by atoms with Gasteiger partial charge in [-0.2, -0.15) is 0 Å². The fraction of sp³-hybridized carbons (Fsp3) is 0.0508. The number of para-hydroxylation sites is 3. The minimum absolute atomic E-state index is 0.260. The van der Waals surface area contributed by atoms with Crippen molar-refractivity contribution in [3.05, 3.63) is 230 Å². The maximum Gasteiger partial charge on any atom is 0.0546 e.